The number of nitrogens with two attached hydrogens (primary N) is 1. The van der Waals surface area contributed by atoms with Crippen molar-refractivity contribution in [2.75, 3.05) is 29.5 Å². The molecule has 9 heteroatoms. The fourth-order valence-corrected chi connectivity index (χ4v) is 4.20. The second kappa shape index (κ2) is 10.1. The highest BCUT2D eigenvalue weighted by Crippen LogP contribution is 2.20. The molecule has 2 aliphatic heterocycles. The first-order valence-electron chi connectivity index (χ1n) is 12.2. The third kappa shape index (κ3) is 5.45. The van der Waals surface area contributed by atoms with Crippen molar-refractivity contribution in [1.29, 1.82) is 0 Å². The molecule has 2 unspecified atom stereocenters. The quantitative estimate of drug-likeness (QED) is 0.335. The van der Waals surface area contributed by atoms with Crippen molar-refractivity contribution < 1.29 is 9.59 Å². The van der Waals surface area contributed by atoms with E-state index in [0.717, 1.165) is 35.9 Å². The number of hydrogen-bond acceptors (Lipinski definition) is 7. The first-order chi connectivity index (χ1) is 17.9. The third-order valence-corrected chi connectivity index (χ3v) is 6.22. The van der Waals surface area contributed by atoms with Gasteiger partial charge in [-0.2, -0.15) is 0 Å². The Hall–Kier alpha value is -4.66. The van der Waals surface area contributed by atoms with Crippen LogP contribution in [0.3, 0.4) is 0 Å². The number of nitrogens with one attached hydrogen (secondary N) is 4. The number of rotatable bonds is 6. The average molecular weight is 496 g/mol. The highest BCUT2D eigenvalue weighted by atomic mass is 16.2. The summed E-state index contributed by atoms with van der Waals surface area (Å²) >= 11 is 0. The van der Waals surface area contributed by atoms with E-state index in [0.29, 0.717) is 22.5 Å². The monoisotopic (exact) mass is 495 g/mol. The molecule has 2 heterocycles. The summed E-state index contributed by atoms with van der Waals surface area (Å²) in [6, 6.07) is 20.1. The summed E-state index contributed by atoms with van der Waals surface area (Å²) < 4.78 is 0. The summed E-state index contributed by atoms with van der Waals surface area (Å²) in [6.45, 7) is 5.75. The molecule has 3 aromatic carbocycles. The van der Waals surface area contributed by atoms with E-state index in [1.807, 2.05) is 48.5 Å². The van der Waals surface area contributed by atoms with Crippen LogP contribution in [0.2, 0.25) is 0 Å². The molecule has 0 spiro atoms. The summed E-state index contributed by atoms with van der Waals surface area (Å²) in [7, 11) is 0. The van der Waals surface area contributed by atoms with Gasteiger partial charge in [0.1, 0.15) is 11.7 Å². The first kappa shape index (κ1) is 24.1. The molecule has 188 valence electrons. The Kier molecular flexibility index (Phi) is 6.59. The highest BCUT2D eigenvalue weighted by molar-refractivity contribution is 6.10. The second-order valence-electron chi connectivity index (χ2n) is 9.28. The van der Waals surface area contributed by atoms with Crippen molar-refractivity contribution in [2.24, 2.45) is 9.98 Å². The molecule has 2 atom stereocenters. The largest absolute Gasteiger partial charge is 0.398 e. The maximum absolute atomic E-state index is 12.8. The minimum absolute atomic E-state index is 0.218. The Labute approximate surface area is 215 Å². The number of amidine groups is 2. The van der Waals surface area contributed by atoms with Crippen molar-refractivity contribution in [3.05, 3.63) is 89.0 Å². The van der Waals surface area contributed by atoms with Crippen LogP contribution < -0.4 is 27.0 Å². The number of carbonyl (C=O) groups excluding carboxylic acids is 2. The molecule has 3 aromatic rings. The van der Waals surface area contributed by atoms with E-state index in [-0.39, 0.29) is 29.6 Å². The van der Waals surface area contributed by atoms with Gasteiger partial charge in [-0.05, 0) is 80.6 Å². The molecule has 0 aliphatic carbocycles. The van der Waals surface area contributed by atoms with Crippen LogP contribution in [0.15, 0.2) is 76.7 Å². The zero-order valence-corrected chi connectivity index (χ0v) is 20.7. The van der Waals surface area contributed by atoms with Gasteiger partial charge in [-0.1, -0.05) is 0 Å². The molecule has 2 aliphatic rings. The number of carbonyl (C=O) groups is 2. The van der Waals surface area contributed by atoms with E-state index >= 15 is 0 Å². The molecule has 37 heavy (non-hydrogen) atoms. The average Bonchev–Trinajstić information content (AvgIpc) is 3.53. The maximum atomic E-state index is 12.8. The molecule has 0 aromatic heterocycles. The number of nitrogen functional groups attached to an aromatic ring is 1. The fourth-order valence-electron chi connectivity index (χ4n) is 4.20. The highest BCUT2D eigenvalue weighted by Gasteiger charge is 2.17. The van der Waals surface area contributed by atoms with Crippen LogP contribution in [-0.4, -0.2) is 48.7 Å². The molecule has 0 radical (unpaired) electrons. The van der Waals surface area contributed by atoms with Gasteiger partial charge in [-0.25, -0.2) is 0 Å². The Morgan fingerprint density at radius 3 is 1.68 bits per heavy atom. The molecule has 2 amide bonds. The Balaban J connectivity index is 1.21. The Morgan fingerprint density at radius 2 is 1.24 bits per heavy atom. The molecule has 5 rings (SSSR count). The fraction of sp³-hybridized carbons (Fsp3) is 0.214. The minimum Gasteiger partial charge on any atom is -0.398 e. The number of amides is 2. The Morgan fingerprint density at radius 1 is 0.757 bits per heavy atom. The van der Waals surface area contributed by atoms with Gasteiger partial charge in [0.05, 0.1) is 17.6 Å². The van der Waals surface area contributed by atoms with Crippen molar-refractivity contribution >= 4 is 40.5 Å². The standard InChI is InChI=1S/C28H29N7O2/c1-16-14-30-25(32-16)18-3-8-21(9-4-18)34-27(36)20-7-12-23(24(29)13-20)28(37)35-22-10-5-19(6-11-22)26-31-15-17(2)33-26/h3-13,16-17H,14-15,29H2,1-2H3,(H,30,32)(H,31,33)(H,34,36)(H,35,37). The lowest BCUT2D eigenvalue weighted by atomic mass is 10.1. The summed E-state index contributed by atoms with van der Waals surface area (Å²) in [5.74, 6) is 1.05. The smallest absolute Gasteiger partial charge is 0.257 e. The van der Waals surface area contributed by atoms with Gasteiger partial charge >= 0.3 is 0 Å². The first-order valence-corrected chi connectivity index (χ1v) is 12.2. The number of nitrogens with zero attached hydrogens (tertiary/aromatic N) is 2. The van der Waals surface area contributed by atoms with Gasteiger partial charge < -0.3 is 27.0 Å². The van der Waals surface area contributed by atoms with E-state index in [9.17, 15) is 9.59 Å². The van der Waals surface area contributed by atoms with Gasteiger partial charge in [-0.15, -0.1) is 0 Å². The molecule has 9 nitrogen and oxygen atoms in total. The van der Waals surface area contributed by atoms with Crippen LogP contribution in [0.4, 0.5) is 17.1 Å². The van der Waals surface area contributed by atoms with Gasteiger partial charge in [0.15, 0.2) is 0 Å². The topological polar surface area (TPSA) is 133 Å². The molecule has 0 fully saturated rings. The van der Waals surface area contributed by atoms with Crippen LogP contribution in [0.25, 0.3) is 0 Å². The number of aliphatic imine (C=N–C) groups is 2. The molecular formula is C28H29N7O2. The van der Waals surface area contributed by atoms with E-state index in [2.05, 4.69) is 45.1 Å². The molecule has 6 N–H and O–H groups in total. The summed E-state index contributed by atoms with van der Waals surface area (Å²) in [6.07, 6.45) is 0. The van der Waals surface area contributed by atoms with Crippen molar-refractivity contribution in [1.82, 2.24) is 10.6 Å². The summed E-state index contributed by atoms with van der Waals surface area (Å²) in [4.78, 5) is 34.7. The molecule has 0 saturated heterocycles. The lowest BCUT2D eigenvalue weighted by Crippen LogP contribution is -2.21. The predicted octanol–water partition coefficient (Wildman–Crippen LogP) is 3.25. The molecule has 0 saturated carbocycles. The summed E-state index contributed by atoms with van der Waals surface area (Å²) in [5.41, 5.74) is 10.2. The van der Waals surface area contributed by atoms with Crippen LogP contribution >= 0.6 is 0 Å². The zero-order valence-electron chi connectivity index (χ0n) is 20.7. The van der Waals surface area contributed by atoms with Crippen molar-refractivity contribution in [3.63, 3.8) is 0 Å². The van der Waals surface area contributed by atoms with E-state index in [1.54, 1.807) is 12.1 Å². The van der Waals surface area contributed by atoms with Gasteiger partial charge in [0, 0.05) is 46.8 Å². The minimum atomic E-state index is -0.351. The second-order valence-corrected chi connectivity index (χ2v) is 9.28. The van der Waals surface area contributed by atoms with Gasteiger partial charge in [-0.3, -0.25) is 19.6 Å². The SMILES string of the molecule is CC1CNC(c2ccc(NC(=O)c3ccc(C(=O)Nc4ccc(C5=NC(C)CN5)cc4)c(N)c3)cc2)=N1. The Bertz CT molecular complexity index is 1400. The maximum Gasteiger partial charge on any atom is 0.257 e. The number of hydrogen-bond donors (Lipinski definition) is 5. The van der Waals surface area contributed by atoms with Gasteiger partial charge in [0.25, 0.3) is 11.8 Å². The van der Waals surface area contributed by atoms with Crippen LogP contribution in [-0.2, 0) is 0 Å². The van der Waals surface area contributed by atoms with Crippen LogP contribution in [0.5, 0.6) is 0 Å². The lowest BCUT2D eigenvalue weighted by molar-refractivity contribution is 0.101. The molecule has 0 bridgehead atoms. The number of anilines is 3. The van der Waals surface area contributed by atoms with Gasteiger partial charge in [0.2, 0.25) is 0 Å². The number of benzene rings is 3. The third-order valence-electron chi connectivity index (χ3n) is 6.22. The van der Waals surface area contributed by atoms with E-state index in [4.69, 9.17) is 5.73 Å². The molecular weight excluding hydrogens is 466 g/mol. The van der Waals surface area contributed by atoms with E-state index < -0.39 is 0 Å². The normalized spacial score (nSPS) is 18.3. The predicted molar refractivity (Wildman–Crippen MR) is 148 cm³/mol. The lowest BCUT2D eigenvalue weighted by Gasteiger charge is -2.11. The van der Waals surface area contributed by atoms with Crippen LogP contribution in [0, 0.1) is 0 Å². The van der Waals surface area contributed by atoms with Crippen molar-refractivity contribution in [3.8, 4) is 0 Å². The van der Waals surface area contributed by atoms with Crippen LogP contribution in [0.1, 0.15) is 45.7 Å². The van der Waals surface area contributed by atoms with E-state index in [1.165, 1.54) is 6.07 Å². The zero-order chi connectivity index (χ0) is 25.9. The summed E-state index contributed by atoms with van der Waals surface area (Å²) in [5, 5.41) is 12.2. The van der Waals surface area contributed by atoms with Crippen molar-refractivity contribution in [2.45, 2.75) is 25.9 Å².